The van der Waals surface area contributed by atoms with E-state index in [0.717, 1.165) is 6.42 Å². The Hall–Kier alpha value is -0.863. The van der Waals surface area contributed by atoms with Crippen molar-refractivity contribution in [2.75, 3.05) is 12.9 Å². The molecule has 162 valence electrons. The first kappa shape index (κ1) is 26.1. The molecule has 0 N–H and O–H groups in total. The molecule has 27 heavy (non-hydrogen) atoms. The molecule has 0 heterocycles. The maximum Gasteiger partial charge on any atom is 0.438 e. The zero-order chi connectivity index (χ0) is 21.7. The summed E-state index contributed by atoms with van der Waals surface area (Å²) < 4.78 is 119. The molecule has 0 rings (SSSR count). The number of alkyl halides is 6. The molecule has 0 spiro atoms. The molecule has 0 aliphatic carbocycles. The maximum atomic E-state index is 13.0. The Morgan fingerprint density at radius 3 is 1.89 bits per heavy atom. The fourth-order valence-electron chi connectivity index (χ4n) is 2.43. The number of ether oxygens (including phenoxy) is 1. The number of carbonyl (C=O) groups is 1. The summed E-state index contributed by atoms with van der Waals surface area (Å²) in [6, 6.07) is 0.944. The highest BCUT2D eigenvalue weighted by Crippen LogP contribution is 2.47. The third-order valence-electron chi connectivity index (χ3n) is 3.94. The van der Waals surface area contributed by atoms with E-state index in [1.54, 1.807) is 6.55 Å². The van der Waals surface area contributed by atoms with Crippen molar-refractivity contribution >= 4 is 24.4 Å². The van der Waals surface area contributed by atoms with E-state index in [1.165, 1.54) is 7.11 Å². The molecule has 0 aromatic carbocycles. The number of hydrogen-bond donors (Lipinski definition) is 0. The van der Waals surface area contributed by atoms with Crippen LogP contribution in [-0.2, 0) is 24.1 Å². The van der Waals surface area contributed by atoms with Crippen molar-refractivity contribution in [3.63, 3.8) is 0 Å². The minimum Gasteiger partial charge on any atom is -0.748 e. The van der Waals surface area contributed by atoms with Gasteiger partial charge in [0.1, 0.15) is 0 Å². The summed E-state index contributed by atoms with van der Waals surface area (Å²) in [6.07, 6.45) is -12.9. The SMILES string of the molecule is CCC[Si](C)(CCCC(=O)OC(CS(=O)(=O)[O-])(C(F)(F)F)C(F)(F)F)OC. The van der Waals surface area contributed by atoms with E-state index in [2.05, 4.69) is 4.74 Å². The lowest BCUT2D eigenvalue weighted by Gasteiger charge is -2.37. The Bertz CT molecular complexity index is 591. The molecule has 0 aliphatic rings. The quantitative estimate of drug-likeness (QED) is 0.221. The zero-order valence-electron chi connectivity index (χ0n) is 14.9. The highest BCUT2D eigenvalue weighted by atomic mass is 32.2. The van der Waals surface area contributed by atoms with E-state index in [9.17, 15) is 44.1 Å². The fourth-order valence-corrected chi connectivity index (χ4v) is 5.95. The number of carbonyl (C=O) groups excluding carboxylic acids is 1. The van der Waals surface area contributed by atoms with Crippen LogP contribution in [-0.4, -0.2) is 58.1 Å². The molecule has 1 unspecified atom stereocenters. The van der Waals surface area contributed by atoms with Crippen LogP contribution in [0.2, 0.25) is 18.6 Å². The Balaban J connectivity index is 5.43. The van der Waals surface area contributed by atoms with Crippen molar-refractivity contribution < 1.29 is 53.3 Å². The lowest BCUT2D eigenvalue weighted by Crippen LogP contribution is -2.63. The van der Waals surface area contributed by atoms with Crippen LogP contribution in [0.3, 0.4) is 0 Å². The molecule has 0 radical (unpaired) electrons. The predicted molar refractivity (Wildman–Crippen MR) is 83.3 cm³/mol. The summed E-state index contributed by atoms with van der Waals surface area (Å²) in [5, 5.41) is 0. The van der Waals surface area contributed by atoms with E-state index in [4.69, 9.17) is 4.43 Å². The van der Waals surface area contributed by atoms with E-state index in [1.807, 2.05) is 6.92 Å². The van der Waals surface area contributed by atoms with Gasteiger partial charge in [0, 0.05) is 13.5 Å². The van der Waals surface area contributed by atoms with Crippen molar-refractivity contribution in [3.05, 3.63) is 0 Å². The van der Waals surface area contributed by atoms with E-state index in [-0.39, 0.29) is 12.5 Å². The second kappa shape index (κ2) is 9.09. The van der Waals surface area contributed by atoms with Crippen LogP contribution >= 0.6 is 0 Å². The first-order valence-corrected chi connectivity index (χ1v) is 12.2. The number of rotatable bonds is 10. The molecule has 1 atom stereocenters. The number of hydrogen-bond acceptors (Lipinski definition) is 6. The first-order valence-electron chi connectivity index (χ1n) is 7.77. The minimum absolute atomic E-state index is 0.106. The molecule has 0 amide bonds. The molecule has 0 fully saturated rings. The van der Waals surface area contributed by atoms with Gasteiger partial charge >= 0.3 is 23.9 Å². The Morgan fingerprint density at radius 1 is 1.07 bits per heavy atom. The Kier molecular flexibility index (Phi) is 8.80. The molecule has 0 aliphatic heterocycles. The number of halogens is 6. The number of esters is 1. The van der Waals surface area contributed by atoms with Gasteiger partial charge in [-0.3, -0.25) is 4.79 Å². The summed E-state index contributed by atoms with van der Waals surface area (Å²) in [6.45, 7) is 3.66. The van der Waals surface area contributed by atoms with Crippen molar-refractivity contribution in [3.8, 4) is 0 Å². The first-order chi connectivity index (χ1) is 11.9. The third-order valence-corrected chi connectivity index (χ3v) is 8.66. The van der Waals surface area contributed by atoms with Gasteiger partial charge in [0.05, 0.1) is 15.9 Å². The average Bonchev–Trinajstić information content (AvgIpc) is 2.43. The normalized spacial score (nSPS) is 16.1. The second-order valence-electron chi connectivity index (χ2n) is 6.26. The van der Waals surface area contributed by atoms with E-state index >= 15 is 0 Å². The summed E-state index contributed by atoms with van der Waals surface area (Å²) in [7, 11) is -6.86. The Morgan fingerprint density at radius 2 is 1.56 bits per heavy atom. The fraction of sp³-hybridized carbons (Fsp3) is 0.923. The van der Waals surface area contributed by atoms with Gasteiger partial charge in [0.15, 0.2) is 8.32 Å². The van der Waals surface area contributed by atoms with Crippen molar-refractivity contribution in [1.29, 1.82) is 0 Å². The van der Waals surface area contributed by atoms with Crippen molar-refractivity contribution in [1.82, 2.24) is 0 Å². The molecule has 0 saturated heterocycles. The van der Waals surface area contributed by atoms with Gasteiger partial charge in [-0.15, -0.1) is 0 Å². The van der Waals surface area contributed by atoms with Gasteiger partial charge in [-0.05, 0) is 25.1 Å². The molecule has 0 saturated carbocycles. The Labute approximate surface area is 154 Å². The van der Waals surface area contributed by atoms with Crippen LogP contribution in [0.25, 0.3) is 0 Å². The van der Waals surface area contributed by atoms with Gasteiger partial charge in [-0.1, -0.05) is 13.3 Å². The smallest absolute Gasteiger partial charge is 0.438 e. The molecular formula is C13H21F6O6SSi-. The topological polar surface area (TPSA) is 92.7 Å². The van der Waals surface area contributed by atoms with Crippen LogP contribution in [0.1, 0.15) is 26.2 Å². The molecule has 6 nitrogen and oxygen atoms in total. The second-order valence-corrected chi connectivity index (χ2v) is 12.0. The van der Waals surface area contributed by atoms with Gasteiger partial charge in [-0.25, -0.2) is 8.42 Å². The monoisotopic (exact) mass is 447 g/mol. The van der Waals surface area contributed by atoms with Crippen LogP contribution in [0, 0.1) is 0 Å². The molecule has 0 bridgehead atoms. The van der Waals surface area contributed by atoms with Crippen LogP contribution in [0.5, 0.6) is 0 Å². The lowest BCUT2D eigenvalue weighted by molar-refractivity contribution is -0.361. The van der Waals surface area contributed by atoms with Gasteiger partial charge in [-0.2, -0.15) is 26.3 Å². The van der Waals surface area contributed by atoms with Crippen molar-refractivity contribution in [2.45, 2.75) is 62.8 Å². The minimum atomic E-state index is -6.35. The largest absolute Gasteiger partial charge is 0.748 e. The van der Waals surface area contributed by atoms with Crippen molar-refractivity contribution in [2.24, 2.45) is 0 Å². The maximum absolute atomic E-state index is 13.0. The van der Waals surface area contributed by atoms with Gasteiger partial charge in [0.25, 0.3) is 0 Å². The van der Waals surface area contributed by atoms with Gasteiger partial charge < -0.3 is 13.7 Å². The summed E-state index contributed by atoms with van der Waals surface area (Å²) in [5.74, 6) is -4.89. The van der Waals surface area contributed by atoms with E-state index < -0.39 is 54.5 Å². The third kappa shape index (κ3) is 7.58. The highest BCUT2D eigenvalue weighted by Gasteiger charge is 2.75. The average molecular weight is 447 g/mol. The highest BCUT2D eigenvalue weighted by molar-refractivity contribution is 7.85. The summed E-state index contributed by atoms with van der Waals surface area (Å²) in [4.78, 5) is 11.6. The molecular weight excluding hydrogens is 426 g/mol. The lowest BCUT2D eigenvalue weighted by atomic mass is 10.1. The van der Waals surface area contributed by atoms with Gasteiger partial charge in [0.2, 0.25) is 0 Å². The standard InChI is InChI=1S/C13H22F6O6SSi/c1-4-7-27(3,24-2)8-5-6-10(20)25-11(12(14,15)16,13(17,18)19)9-26(21,22)23/h4-9H2,1-3H3,(H,21,22,23)/p-1. The molecule has 0 aromatic rings. The molecule has 14 heteroatoms. The van der Waals surface area contributed by atoms with E-state index in [0.29, 0.717) is 6.04 Å². The summed E-state index contributed by atoms with van der Waals surface area (Å²) in [5.41, 5.74) is -5.41. The van der Waals surface area contributed by atoms with Crippen LogP contribution in [0.4, 0.5) is 26.3 Å². The van der Waals surface area contributed by atoms with Crippen LogP contribution < -0.4 is 0 Å². The summed E-state index contributed by atoms with van der Waals surface area (Å²) >= 11 is 0. The molecule has 0 aromatic heterocycles. The zero-order valence-corrected chi connectivity index (χ0v) is 16.7. The van der Waals surface area contributed by atoms with Crippen LogP contribution in [0.15, 0.2) is 0 Å². The predicted octanol–water partition coefficient (Wildman–Crippen LogP) is 3.35.